The molecule has 0 aliphatic carbocycles. The normalized spacial score (nSPS) is 21.4. The zero-order valence-corrected chi connectivity index (χ0v) is 14.8. The van der Waals surface area contributed by atoms with E-state index in [1.165, 1.54) is 17.8 Å². The smallest absolute Gasteiger partial charge is 0.193 e. The zero-order valence-electron chi connectivity index (χ0n) is 12.4. The molecule has 2 heterocycles. The predicted molar refractivity (Wildman–Crippen MR) is 93.8 cm³/mol. The van der Waals surface area contributed by atoms with E-state index in [2.05, 4.69) is 22.1 Å². The van der Waals surface area contributed by atoms with E-state index in [0.717, 1.165) is 29.7 Å². The van der Waals surface area contributed by atoms with Gasteiger partial charge in [0.05, 0.1) is 4.34 Å². The molecular weight excluding hydrogens is 326 g/mol. The monoisotopic (exact) mass is 347 g/mol. The molecule has 4 nitrogen and oxygen atoms in total. The number of aliphatic hydroxyl groups is 1. The first-order valence-electron chi connectivity index (χ1n) is 7.14. The summed E-state index contributed by atoms with van der Waals surface area (Å²) < 4.78 is 0.701. The standard InChI is InChI=1S/C14H22ClN3OS2/c1-3-10-9-18(6-7-20-10)14(16-2)17-8-11(19)12-4-5-13(15)21-12/h4-5,10-11,19H,3,6-9H2,1-2H3,(H,16,17). The van der Waals surface area contributed by atoms with Crippen molar-refractivity contribution in [2.45, 2.75) is 24.7 Å². The van der Waals surface area contributed by atoms with Crippen molar-refractivity contribution < 1.29 is 5.11 Å². The highest BCUT2D eigenvalue weighted by molar-refractivity contribution is 8.00. The maximum absolute atomic E-state index is 10.2. The van der Waals surface area contributed by atoms with Crippen LogP contribution in [-0.4, -0.2) is 53.7 Å². The lowest BCUT2D eigenvalue weighted by Gasteiger charge is -2.34. The summed E-state index contributed by atoms with van der Waals surface area (Å²) in [5.41, 5.74) is 0. The van der Waals surface area contributed by atoms with Gasteiger partial charge in [0.15, 0.2) is 5.96 Å². The molecule has 1 aromatic rings. The van der Waals surface area contributed by atoms with Gasteiger partial charge in [-0.15, -0.1) is 11.3 Å². The van der Waals surface area contributed by atoms with Crippen LogP contribution < -0.4 is 5.32 Å². The van der Waals surface area contributed by atoms with Gasteiger partial charge in [-0.25, -0.2) is 0 Å². The lowest BCUT2D eigenvalue weighted by molar-refractivity contribution is 0.183. The van der Waals surface area contributed by atoms with E-state index in [1.807, 2.05) is 23.9 Å². The molecule has 0 radical (unpaired) electrons. The molecule has 2 atom stereocenters. The number of nitrogens with zero attached hydrogens (tertiary/aromatic N) is 2. The van der Waals surface area contributed by atoms with Crippen LogP contribution in [0.2, 0.25) is 4.34 Å². The fourth-order valence-corrected chi connectivity index (χ4v) is 4.51. The minimum Gasteiger partial charge on any atom is -0.386 e. The lowest BCUT2D eigenvalue weighted by atomic mass is 10.3. The molecule has 7 heteroatoms. The molecule has 21 heavy (non-hydrogen) atoms. The van der Waals surface area contributed by atoms with E-state index in [-0.39, 0.29) is 0 Å². The molecule has 0 bridgehead atoms. The van der Waals surface area contributed by atoms with Gasteiger partial charge in [-0.2, -0.15) is 11.8 Å². The molecule has 1 aliphatic rings. The number of nitrogens with one attached hydrogen (secondary N) is 1. The van der Waals surface area contributed by atoms with E-state index >= 15 is 0 Å². The van der Waals surface area contributed by atoms with Gasteiger partial charge in [-0.05, 0) is 18.6 Å². The Hall–Kier alpha value is -0.430. The maximum Gasteiger partial charge on any atom is 0.193 e. The average molecular weight is 348 g/mol. The molecule has 2 N–H and O–H groups in total. The van der Waals surface area contributed by atoms with Crippen LogP contribution in [0.4, 0.5) is 0 Å². The van der Waals surface area contributed by atoms with Crippen molar-refractivity contribution in [2.24, 2.45) is 4.99 Å². The molecule has 1 fully saturated rings. The SMILES string of the molecule is CCC1CN(C(=NC)NCC(O)c2ccc(Cl)s2)CCS1. The van der Waals surface area contributed by atoms with Crippen LogP contribution in [0.5, 0.6) is 0 Å². The van der Waals surface area contributed by atoms with Crippen molar-refractivity contribution in [3.8, 4) is 0 Å². The average Bonchev–Trinajstić information content (AvgIpc) is 2.94. The fourth-order valence-electron chi connectivity index (χ4n) is 2.29. The third-order valence-corrected chi connectivity index (χ3v) is 6.19. The van der Waals surface area contributed by atoms with Crippen LogP contribution in [0.15, 0.2) is 17.1 Å². The second kappa shape index (κ2) is 8.27. The number of hydrogen-bond donors (Lipinski definition) is 2. The number of halogens is 1. The minimum atomic E-state index is -0.555. The Morgan fingerprint density at radius 3 is 3.05 bits per heavy atom. The summed E-state index contributed by atoms with van der Waals surface area (Å²) in [6.45, 7) is 4.69. The van der Waals surface area contributed by atoms with Gasteiger partial charge in [0.1, 0.15) is 6.10 Å². The van der Waals surface area contributed by atoms with E-state index in [1.54, 1.807) is 7.05 Å². The number of hydrogen-bond acceptors (Lipinski definition) is 4. The van der Waals surface area contributed by atoms with Crippen molar-refractivity contribution in [3.05, 3.63) is 21.3 Å². The van der Waals surface area contributed by atoms with Gasteiger partial charge in [-0.3, -0.25) is 4.99 Å². The highest BCUT2D eigenvalue weighted by atomic mass is 35.5. The number of guanidine groups is 1. The maximum atomic E-state index is 10.2. The van der Waals surface area contributed by atoms with Crippen LogP contribution in [-0.2, 0) is 0 Å². The molecule has 0 aromatic carbocycles. The van der Waals surface area contributed by atoms with Crippen LogP contribution in [0, 0.1) is 0 Å². The second-order valence-electron chi connectivity index (χ2n) is 4.93. The van der Waals surface area contributed by atoms with Crippen LogP contribution in [0.25, 0.3) is 0 Å². The van der Waals surface area contributed by atoms with Gasteiger partial charge in [0.2, 0.25) is 0 Å². The third-order valence-electron chi connectivity index (χ3n) is 3.48. The first kappa shape index (κ1) is 16.9. The van der Waals surface area contributed by atoms with Crippen LogP contribution in [0.1, 0.15) is 24.3 Å². The second-order valence-corrected chi connectivity index (χ2v) is 8.09. The van der Waals surface area contributed by atoms with E-state index < -0.39 is 6.10 Å². The van der Waals surface area contributed by atoms with Gasteiger partial charge < -0.3 is 15.3 Å². The van der Waals surface area contributed by atoms with Gasteiger partial charge in [-0.1, -0.05) is 18.5 Å². The molecule has 118 valence electrons. The predicted octanol–water partition coefficient (Wildman–Crippen LogP) is 2.84. The van der Waals surface area contributed by atoms with Crippen molar-refractivity contribution in [2.75, 3.05) is 32.4 Å². The topological polar surface area (TPSA) is 47.9 Å². The van der Waals surface area contributed by atoms with Crippen molar-refractivity contribution in [1.29, 1.82) is 0 Å². The molecule has 1 aliphatic heterocycles. The van der Waals surface area contributed by atoms with Crippen molar-refractivity contribution in [1.82, 2.24) is 10.2 Å². The Morgan fingerprint density at radius 2 is 2.43 bits per heavy atom. The number of thiophene rings is 1. The van der Waals surface area contributed by atoms with Gasteiger partial charge in [0.25, 0.3) is 0 Å². The first-order chi connectivity index (χ1) is 10.1. The minimum absolute atomic E-state index is 0.448. The summed E-state index contributed by atoms with van der Waals surface area (Å²) in [5.74, 6) is 2.00. The summed E-state index contributed by atoms with van der Waals surface area (Å²) >= 11 is 9.35. The number of aliphatic hydroxyl groups excluding tert-OH is 1. The molecule has 1 aromatic heterocycles. The molecule has 0 spiro atoms. The summed E-state index contributed by atoms with van der Waals surface area (Å²) in [6, 6.07) is 3.68. The Bertz CT molecular complexity index is 481. The summed E-state index contributed by atoms with van der Waals surface area (Å²) in [5, 5.41) is 14.1. The largest absolute Gasteiger partial charge is 0.386 e. The van der Waals surface area contributed by atoms with Crippen molar-refractivity contribution in [3.63, 3.8) is 0 Å². The Kier molecular flexibility index (Phi) is 6.67. The fraction of sp³-hybridized carbons (Fsp3) is 0.643. The number of aliphatic imine (C=N–C) groups is 1. The first-order valence-corrected chi connectivity index (χ1v) is 9.38. The molecule has 1 saturated heterocycles. The van der Waals surface area contributed by atoms with Crippen LogP contribution >= 0.6 is 34.7 Å². The molecule has 0 amide bonds. The van der Waals surface area contributed by atoms with E-state index in [0.29, 0.717) is 16.1 Å². The molecule has 2 rings (SSSR count). The molecule has 0 saturated carbocycles. The quantitative estimate of drug-likeness (QED) is 0.649. The highest BCUT2D eigenvalue weighted by Gasteiger charge is 2.22. The van der Waals surface area contributed by atoms with Gasteiger partial charge >= 0.3 is 0 Å². The number of thioether (sulfide) groups is 1. The molecule has 2 unspecified atom stereocenters. The summed E-state index contributed by atoms with van der Waals surface area (Å²) in [6.07, 6.45) is 0.620. The summed E-state index contributed by atoms with van der Waals surface area (Å²) in [4.78, 5) is 7.49. The molecular formula is C14H22ClN3OS2. The lowest BCUT2D eigenvalue weighted by Crippen LogP contribution is -2.48. The van der Waals surface area contributed by atoms with Crippen LogP contribution in [0.3, 0.4) is 0 Å². The van der Waals surface area contributed by atoms with E-state index in [4.69, 9.17) is 11.6 Å². The highest BCUT2D eigenvalue weighted by Crippen LogP contribution is 2.26. The Balaban J connectivity index is 1.87. The van der Waals surface area contributed by atoms with Crippen molar-refractivity contribution >= 4 is 40.7 Å². The zero-order chi connectivity index (χ0) is 15.2. The summed E-state index contributed by atoms with van der Waals surface area (Å²) in [7, 11) is 1.79. The Morgan fingerprint density at radius 1 is 1.62 bits per heavy atom. The Labute approximate surface area is 139 Å². The number of rotatable bonds is 4. The van der Waals surface area contributed by atoms with E-state index in [9.17, 15) is 5.11 Å². The van der Waals surface area contributed by atoms with Gasteiger partial charge in [0, 0.05) is 42.6 Å². The third kappa shape index (κ3) is 4.77.